The molecule has 1 amide bonds. The number of nitrogens with zero attached hydrogens (tertiary/aromatic N) is 1. The molecule has 2 saturated heterocycles. The van der Waals surface area contributed by atoms with E-state index in [-0.39, 0.29) is 17.2 Å². The summed E-state index contributed by atoms with van der Waals surface area (Å²) in [5.74, 6) is -0.0562. The quantitative estimate of drug-likeness (QED) is 0.340. The number of carboxylic acids is 1. The van der Waals surface area contributed by atoms with E-state index in [1.807, 2.05) is 59.5 Å². The molecule has 2 heterocycles. The number of hydrogen-bond donors (Lipinski definition) is 2. The van der Waals surface area contributed by atoms with Gasteiger partial charge in [0.1, 0.15) is 11.4 Å². The average molecular weight is 513 g/mol. The van der Waals surface area contributed by atoms with Crippen molar-refractivity contribution in [2.75, 3.05) is 12.3 Å². The molecule has 2 unspecified atom stereocenters. The van der Waals surface area contributed by atoms with Crippen LogP contribution in [0.2, 0.25) is 0 Å². The van der Waals surface area contributed by atoms with Crippen molar-refractivity contribution >= 4 is 23.6 Å². The molecule has 0 bridgehead atoms. The van der Waals surface area contributed by atoms with Crippen LogP contribution in [0.1, 0.15) is 42.4 Å². The van der Waals surface area contributed by atoms with Gasteiger partial charge in [0.2, 0.25) is 5.91 Å². The molecule has 3 atom stereocenters. The first-order valence-electron chi connectivity index (χ1n) is 13.2. The molecule has 3 aromatic rings. The molecule has 0 radical (unpaired) electrons. The van der Waals surface area contributed by atoms with E-state index in [0.717, 1.165) is 42.4 Å². The van der Waals surface area contributed by atoms with Gasteiger partial charge in [-0.05, 0) is 35.4 Å². The molecule has 6 heteroatoms. The Labute approximate surface area is 222 Å². The molecule has 3 aliphatic rings. The van der Waals surface area contributed by atoms with Crippen LogP contribution in [0.15, 0.2) is 91.0 Å². The predicted molar refractivity (Wildman–Crippen MR) is 146 cm³/mol. The largest absolute Gasteiger partial charge is 0.481 e. The molecule has 1 saturated carbocycles. The van der Waals surface area contributed by atoms with Crippen LogP contribution in [-0.2, 0) is 15.1 Å². The Balaban J connectivity index is 1.38. The lowest BCUT2D eigenvalue weighted by molar-refractivity contribution is -0.161. The Hall–Kier alpha value is -3.09. The van der Waals surface area contributed by atoms with Crippen LogP contribution in [0.5, 0.6) is 0 Å². The fraction of sp³-hybridized carbons (Fsp3) is 0.355. The van der Waals surface area contributed by atoms with Crippen molar-refractivity contribution in [3.63, 3.8) is 0 Å². The normalized spacial score (nSPS) is 25.9. The number of benzene rings is 3. The van der Waals surface area contributed by atoms with Gasteiger partial charge in [-0.25, -0.2) is 0 Å². The number of carboxylic acid groups (broad SMARTS) is 1. The molecule has 6 rings (SSSR count). The molecule has 37 heavy (non-hydrogen) atoms. The molecule has 1 aliphatic carbocycles. The molecule has 5 nitrogen and oxygen atoms in total. The molecule has 3 aromatic carbocycles. The zero-order valence-corrected chi connectivity index (χ0v) is 21.6. The lowest BCUT2D eigenvalue weighted by Gasteiger charge is -2.57. The van der Waals surface area contributed by atoms with Crippen molar-refractivity contribution in [2.24, 2.45) is 11.3 Å². The highest BCUT2D eigenvalue weighted by atomic mass is 32.2. The highest BCUT2D eigenvalue weighted by molar-refractivity contribution is 8.00. The van der Waals surface area contributed by atoms with Crippen molar-refractivity contribution in [1.29, 1.82) is 0 Å². The minimum atomic E-state index is -0.840. The van der Waals surface area contributed by atoms with Gasteiger partial charge in [0.05, 0.1) is 11.0 Å². The van der Waals surface area contributed by atoms with Gasteiger partial charge in [0.25, 0.3) is 0 Å². The van der Waals surface area contributed by atoms with Gasteiger partial charge < -0.3 is 10.0 Å². The maximum Gasteiger partial charge on any atom is 0.312 e. The molecule has 0 spiro atoms. The van der Waals surface area contributed by atoms with Crippen molar-refractivity contribution in [3.8, 4) is 0 Å². The SMILES string of the molecule is O=C1C(NC(c2ccccc2)(c2ccccc2)c2ccccc2)[C@H]2SCC(C(=O)O)(C3CCCC3)CN12. The van der Waals surface area contributed by atoms with E-state index < -0.39 is 23.0 Å². The predicted octanol–water partition coefficient (Wildman–Crippen LogP) is 5.11. The second kappa shape index (κ2) is 9.66. The first-order valence-corrected chi connectivity index (χ1v) is 14.2. The number of nitrogens with one attached hydrogen (secondary N) is 1. The molecule has 0 aromatic heterocycles. The van der Waals surface area contributed by atoms with E-state index in [0.29, 0.717) is 12.3 Å². The fourth-order valence-electron chi connectivity index (χ4n) is 6.67. The number of carbonyl (C=O) groups is 2. The van der Waals surface area contributed by atoms with Crippen LogP contribution < -0.4 is 5.32 Å². The van der Waals surface area contributed by atoms with Gasteiger partial charge in [-0.3, -0.25) is 14.9 Å². The van der Waals surface area contributed by atoms with Crippen molar-refractivity contribution in [1.82, 2.24) is 10.2 Å². The number of carbonyl (C=O) groups excluding carboxylic acids is 1. The lowest BCUT2D eigenvalue weighted by atomic mass is 9.73. The van der Waals surface area contributed by atoms with E-state index in [4.69, 9.17) is 0 Å². The Morgan fingerprint density at radius 2 is 1.35 bits per heavy atom. The monoisotopic (exact) mass is 512 g/mol. The average Bonchev–Trinajstić information content (AvgIpc) is 3.50. The third kappa shape index (κ3) is 3.89. The summed E-state index contributed by atoms with van der Waals surface area (Å²) < 4.78 is 0. The molecule has 3 fully saturated rings. The third-order valence-electron chi connectivity index (χ3n) is 8.66. The number of β-lactam (4-membered cyclic amide) rings is 1. The summed E-state index contributed by atoms with van der Waals surface area (Å²) in [7, 11) is 0. The number of amides is 1. The van der Waals surface area contributed by atoms with Crippen LogP contribution in [0, 0.1) is 11.3 Å². The smallest absolute Gasteiger partial charge is 0.312 e. The van der Waals surface area contributed by atoms with Crippen molar-refractivity contribution in [3.05, 3.63) is 108 Å². The summed E-state index contributed by atoms with van der Waals surface area (Å²) in [5, 5.41) is 14.0. The molecule has 2 aliphatic heterocycles. The number of hydrogen-bond acceptors (Lipinski definition) is 4. The number of rotatable bonds is 7. The lowest BCUT2D eigenvalue weighted by Crippen LogP contribution is -2.75. The van der Waals surface area contributed by atoms with Gasteiger partial charge in [0.15, 0.2) is 0 Å². The highest BCUT2D eigenvalue weighted by Gasteiger charge is 2.60. The maximum atomic E-state index is 13.8. The minimum Gasteiger partial charge on any atom is -0.481 e. The van der Waals surface area contributed by atoms with E-state index in [9.17, 15) is 14.7 Å². The third-order valence-corrected chi connectivity index (χ3v) is 10.2. The molecular weight excluding hydrogens is 480 g/mol. The summed E-state index contributed by atoms with van der Waals surface area (Å²) in [6, 6.07) is 30.4. The molecule has 190 valence electrons. The highest BCUT2D eigenvalue weighted by Crippen LogP contribution is 2.51. The zero-order chi connectivity index (χ0) is 25.5. The zero-order valence-electron chi connectivity index (χ0n) is 20.8. The van der Waals surface area contributed by atoms with Crippen LogP contribution in [-0.4, -0.2) is 45.6 Å². The summed E-state index contributed by atoms with van der Waals surface area (Å²) >= 11 is 1.63. The Bertz CT molecular complexity index is 1170. The fourth-order valence-corrected chi connectivity index (χ4v) is 8.33. The minimum absolute atomic E-state index is 0.00649. The van der Waals surface area contributed by atoms with Crippen molar-refractivity contribution < 1.29 is 14.7 Å². The van der Waals surface area contributed by atoms with E-state index in [1.165, 1.54) is 0 Å². The summed E-state index contributed by atoms with van der Waals surface area (Å²) in [6.45, 7) is 0.316. The number of aliphatic carboxylic acids is 1. The topological polar surface area (TPSA) is 69.6 Å². The first kappa shape index (κ1) is 24.3. The van der Waals surface area contributed by atoms with Gasteiger partial charge >= 0.3 is 5.97 Å². The number of thioether (sulfide) groups is 1. The summed E-state index contributed by atoms with van der Waals surface area (Å²) in [5.41, 5.74) is 1.61. The van der Waals surface area contributed by atoms with Gasteiger partial charge in [-0.1, -0.05) is 104 Å². The first-order chi connectivity index (χ1) is 18.1. The standard InChI is InChI=1S/C31H32N2O3S/c34-27-26(28-33(27)20-30(21-37-28,29(35)36)22-12-10-11-13-22)32-31(23-14-4-1-5-15-23,24-16-6-2-7-17-24)25-18-8-3-9-19-25/h1-9,14-19,22,26,28,32H,10-13,20-21H2,(H,35,36)/t26?,28-,30?/m1/s1. The Morgan fingerprint density at radius 3 is 1.81 bits per heavy atom. The summed E-state index contributed by atoms with van der Waals surface area (Å²) in [4.78, 5) is 28.1. The molecule has 2 N–H and O–H groups in total. The van der Waals surface area contributed by atoms with Crippen LogP contribution in [0.4, 0.5) is 0 Å². The molecular formula is C31H32N2O3S. The Kier molecular flexibility index (Phi) is 6.33. The van der Waals surface area contributed by atoms with Crippen molar-refractivity contribution in [2.45, 2.75) is 42.6 Å². The Morgan fingerprint density at radius 1 is 0.865 bits per heavy atom. The summed E-state index contributed by atoms with van der Waals surface area (Å²) in [6.07, 6.45) is 4.06. The van der Waals surface area contributed by atoms with Gasteiger partial charge in [-0.2, -0.15) is 0 Å². The number of fused-ring (bicyclic) bond motifs is 1. The van der Waals surface area contributed by atoms with E-state index in [2.05, 4.69) is 41.7 Å². The maximum absolute atomic E-state index is 13.8. The van der Waals surface area contributed by atoms with E-state index >= 15 is 0 Å². The van der Waals surface area contributed by atoms with Gasteiger partial charge in [-0.15, -0.1) is 11.8 Å². The van der Waals surface area contributed by atoms with Crippen LogP contribution in [0.3, 0.4) is 0 Å². The van der Waals surface area contributed by atoms with Crippen LogP contribution >= 0.6 is 11.8 Å². The van der Waals surface area contributed by atoms with Gasteiger partial charge in [0, 0.05) is 12.3 Å². The second-order valence-corrected chi connectivity index (χ2v) is 11.7. The second-order valence-electron chi connectivity index (χ2n) is 10.6. The van der Waals surface area contributed by atoms with E-state index in [1.54, 1.807) is 11.8 Å². The van der Waals surface area contributed by atoms with Crippen LogP contribution in [0.25, 0.3) is 0 Å².